The third-order valence-electron chi connectivity index (χ3n) is 3.50. The van der Waals surface area contributed by atoms with Crippen LogP contribution in [0.25, 0.3) is 11.1 Å². The molecule has 5 nitrogen and oxygen atoms in total. The number of aromatic nitrogens is 2. The van der Waals surface area contributed by atoms with Crippen LogP contribution in [0.2, 0.25) is 0 Å². The van der Waals surface area contributed by atoms with Gasteiger partial charge in [-0.2, -0.15) is 5.10 Å². The molecule has 1 amide bonds. The monoisotopic (exact) mass is 271 g/mol. The standard InChI is InChI=1S/C15H17N3O2/c19-15(16-10-12-4-3-7-20-12)14-6-2-1-5-13(14)11-8-17-18-9-11/h1-2,5-6,8-9,12H,3-4,7,10H2,(H,16,19)(H,17,18)/t12-/m1/s1. The van der Waals surface area contributed by atoms with Crippen molar-refractivity contribution in [1.29, 1.82) is 0 Å². The molecule has 1 atom stereocenters. The number of nitrogens with zero attached hydrogens (tertiary/aromatic N) is 1. The minimum absolute atomic E-state index is 0.0719. The van der Waals surface area contributed by atoms with Crippen molar-refractivity contribution in [2.24, 2.45) is 0 Å². The summed E-state index contributed by atoms with van der Waals surface area (Å²) in [5.74, 6) is -0.0719. The summed E-state index contributed by atoms with van der Waals surface area (Å²) >= 11 is 0. The number of carbonyl (C=O) groups excluding carboxylic acids is 1. The Balaban J connectivity index is 1.74. The van der Waals surface area contributed by atoms with Crippen LogP contribution in [0.5, 0.6) is 0 Å². The second-order valence-electron chi connectivity index (χ2n) is 4.88. The molecule has 104 valence electrons. The van der Waals surface area contributed by atoms with Gasteiger partial charge in [-0.05, 0) is 24.5 Å². The Morgan fingerprint density at radius 1 is 1.45 bits per heavy atom. The van der Waals surface area contributed by atoms with Crippen LogP contribution < -0.4 is 5.32 Å². The van der Waals surface area contributed by atoms with Gasteiger partial charge in [-0.15, -0.1) is 0 Å². The van der Waals surface area contributed by atoms with E-state index < -0.39 is 0 Å². The Labute approximate surface area is 117 Å². The molecule has 1 saturated heterocycles. The van der Waals surface area contributed by atoms with Crippen molar-refractivity contribution in [3.8, 4) is 11.1 Å². The van der Waals surface area contributed by atoms with E-state index >= 15 is 0 Å². The van der Waals surface area contributed by atoms with Crippen LogP contribution >= 0.6 is 0 Å². The van der Waals surface area contributed by atoms with E-state index in [1.807, 2.05) is 24.3 Å². The van der Waals surface area contributed by atoms with Crippen LogP contribution in [-0.4, -0.2) is 35.4 Å². The van der Waals surface area contributed by atoms with Crippen molar-refractivity contribution < 1.29 is 9.53 Å². The summed E-state index contributed by atoms with van der Waals surface area (Å²) in [7, 11) is 0. The molecule has 0 bridgehead atoms. The quantitative estimate of drug-likeness (QED) is 0.893. The number of carbonyl (C=O) groups is 1. The summed E-state index contributed by atoms with van der Waals surface area (Å²) in [6.45, 7) is 1.37. The third kappa shape index (κ3) is 2.72. The maximum atomic E-state index is 12.3. The Morgan fingerprint density at radius 2 is 2.35 bits per heavy atom. The van der Waals surface area contributed by atoms with Gasteiger partial charge in [0, 0.05) is 30.5 Å². The van der Waals surface area contributed by atoms with Gasteiger partial charge >= 0.3 is 0 Å². The van der Waals surface area contributed by atoms with E-state index in [4.69, 9.17) is 4.74 Å². The summed E-state index contributed by atoms with van der Waals surface area (Å²) in [5, 5.41) is 9.65. The maximum Gasteiger partial charge on any atom is 0.252 e. The number of nitrogens with one attached hydrogen (secondary N) is 2. The molecule has 0 aliphatic carbocycles. The van der Waals surface area contributed by atoms with Crippen LogP contribution in [0, 0.1) is 0 Å². The molecule has 2 N–H and O–H groups in total. The summed E-state index contributed by atoms with van der Waals surface area (Å²) in [5.41, 5.74) is 2.45. The fraction of sp³-hybridized carbons (Fsp3) is 0.333. The van der Waals surface area contributed by atoms with Gasteiger partial charge in [0.1, 0.15) is 0 Å². The van der Waals surface area contributed by atoms with Crippen molar-refractivity contribution in [2.45, 2.75) is 18.9 Å². The van der Waals surface area contributed by atoms with Gasteiger partial charge in [-0.25, -0.2) is 0 Å². The predicted molar refractivity (Wildman–Crippen MR) is 75.3 cm³/mol. The molecule has 0 saturated carbocycles. The molecule has 0 radical (unpaired) electrons. The average molecular weight is 271 g/mol. The van der Waals surface area contributed by atoms with E-state index in [1.165, 1.54) is 0 Å². The Morgan fingerprint density at radius 3 is 3.10 bits per heavy atom. The number of ether oxygens (including phenoxy) is 1. The number of hydrogen-bond donors (Lipinski definition) is 2. The van der Waals surface area contributed by atoms with Crippen molar-refractivity contribution >= 4 is 5.91 Å². The lowest BCUT2D eigenvalue weighted by Gasteiger charge is -2.12. The molecule has 1 aromatic carbocycles. The third-order valence-corrected chi connectivity index (χ3v) is 3.50. The minimum Gasteiger partial charge on any atom is -0.376 e. The summed E-state index contributed by atoms with van der Waals surface area (Å²) in [6, 6.07) is 7.53. The van der Waals surface area contributed by atoms with Gasteiger partial charge in [0.2, 0.25) is 0 Å². The normalized spacial score (nSPS) is 18.1. The minimum atomic E-state index is -0.0719. The van der Waals surface area contributed by atoms with Gasteiger partial charge in [-0.3, -0.25) is 9.89 Å². The van der Waals surface area contributed by atoms with Crippen LogP contribution in [0.4, 0.5) is 0 Å². The zero-order valence-electron chi connectivity index (χ0n) is 11.1. The van der Waals surface area contributed by atoms with E-state index in [0.29, 0.717) is 12.1 Å². The molecule has 2 aromatic rings. The summed E-state index contributed by atoms with van der Waals surface area (Å²) in [6.07, 6.45) is 5.74. The smallest absolute Gasteiger partial charge is 0.252 e. The molecule has 1 aliphatic heterocycles. The lowest BCUT2D eigenvalue weighted by Crippen LogP contribution is -2.32. The van der Waals surface area contributed by atoms with E-state index in [0.717, 1.165) is 30.6 Å². The molecule has 1 aliphatic rings. The van der Waals surface area contributed by atoms with E-state index in [9.17, 15) is 4.79 Å². The molecule has 2 heterocycles. The lowest BCUT2D eigenvalue weighted by molar-refractivity contribution is 0.0858. The van der Waals surface area contributed by atoms with Crippen LogP contribution in [0.1, 0.15) is 23.2 Å². The first kappa shape index (κ1) is 12.9. The number of rotatable bonds is 4. The van der Waals surface area contributed by atoms with Crippen molar-refractivity contribution in [3.63, 3.8) is 0 Å². The first-order valence-corrected chi connectivity index (χ1v) is 6.82. The van der Waals surface area contributed by atoms with Crippen molar-refractivity contribution in [3.05, 3.63) is 42.2 Å². The van der Waals surface area contributed by atoms with Crippen LogP contribution in [0.15, 0.2) is 36.7 Å². The van der Waals surface area contributed by atoms with Gasteiger partial charge in [0.05, 0.1) is 12.3 Å². The number of H-pyrrole nitrogens is 1. The SMILES string of the molecule is O=C(NC[C@H]1CCCO1)c1ccccc1-c1cn[nH]c1. The first-order valence-electron chi connectivity index (χ1n) is 6.82. The van der Waals surface area contributed by atoms with E-state index in [2.05, 4.69) is 15.5 Å². The summed E-state index contributed by atoms with van der Waals surface area (Å²) < 4.78 is 5.51. The second kappa shape index (κ2) is 5.88. The fourth-order valence-corrected chi connectivity index (χ4v) is 2.44. The first-order chi connectivity index (χ1) is 9.84. The Hall–Kier alpha value is -2.14. The van der Waals surface area contributed by atoms with E-state index in [1.54, 1.807) is 12.4 Å². The average Bonchev–Trinajstić information content (AvgIpc) is 3.18. The largest absolute Gasteiger partial charge is 0.376 e. The zero-order chi connectivity index (χ0) is 13.8. The molecule has 5 heteroatoms. The molecule has 1 fully saturated rings. The van der Waals surface area contributed by atoms with Crippen LogP contribution in [0.3, 0.4) is 0 Å². The highest BCUT2D eigenvalue weighted by molar-refractivity contribution is 6.00. The second-order valence-corrected chi connectivity index (χ2v) is 4.88. The molecule has 1 aromatic heterocycles. The van der Waals surface area contributed by atoms with Crippen molar-refractivity contribution in [2.75, 3.05) is 13.2 Å². The molecular formula is C15H17N3O2. The number of hydrogen-bond acceptors (Lipinski definition) is 3. The van der Waals surface area contributed by atoms with Gasteiger partial charge in [0.15, 0.2) is 0 Å². The topological polar surface area (TPSA) is 67.0 Å². The Bertz CT molecular complexity index is 575. The lowest BCUT2D eigenvalue weighted by atomic mass is 10.0. The molecule has 20 heavy (non-hydrogen) atoms. The number of amides is 1. The highest BCUT2D eigenvalue weighted by Crippen LogP contribution is 2.22. The molecule has 0 unspecified atom stereocenters. The molecular weight excluding hydrogens is 254 g/mol. The highest BCUT2D eigenvalue weighted by Gasteiger charge is 2.18. The molecule has 3 rings (SSSR count). The number of benzene rings is 1. The predicted octanol–water partition coefficient (Wildman–Crippen LogP) is 1.99. The van der Waals surface area contributed by atoms with Crippen LogP contribution in [-0.2, 0) is 4.74 Å². The molecule has 0 spiro atoms. The number of aromatic amines is 1. The maximum absolute atomic E-state index is 12.3. The van der Waals surface area contributed by atoms with Gasteiger partial charge in [-0.1, -0.05) is 18.2 Å². The zero-order valence-corrected chi connectivity index (χ0v) is 11.1. The van der Waals surface area contributed by atoms with Gasteiger partial charge < -0.3 is 10.1 Å². The fourth-order valence-electron chi connectivity index (χ4n) is 2.44. The summed E-state index contributed by atoms with van der Waals surface area (Å²) in [4.78, 5) is 12.3. The highest BCUT2D eigenvalue weighted by atomic mass is 16.5. The van der Waals surface area contributed by atoms with E-state index in [-0.39, 0.29) is 12.0 Å². The van der Waals surface area contributed by atoms with Crippen molar-refractivity contribution in [1.82, 2.24) is 15.5 Å². The Kier molecular flexibility index (Phi) is 3.78. The van der Waals surface area contributed by atoms with Gasteiger partial charge in [0.25, 0.3) is 5.91 Å².